The van der Waals surface area contributed by atoms with Crippen molar-refractivity contribution in [1.29, 1.82) is 0 Å². The number of rotatable bonds is 11. The Balaban J connectivity index is 1.89. The summed E-state index contributed by atoms with van der Waals surface area (Å²) >= 11 is 6.43. The van der Waals surface area contributed by atoms with E-state index in [-0.39, 0.29) is 31.0 Å². The average molecular weight is 493 g/mol. The summed E-state index contributed by atoms with van der Waals surface area (Å²) in [6, 6.07) is 24.0. The van der Waals surface area contributed by atoms with E-state index < -0.39 is 6.04 Å². The van der Waals surface area contributed by atoms with Crippen molar-refractivity contribution in [2.75, 3.05) is 6.61 Å². The van der Waals surface area contributed by atoms with E-state index in [9.17, 15) is 9.59 Å². The van der Waals surface area contributed by atoms with Gasteiger partial charge in [-0.1, -0.05) is 79.2 Å². The number of amides is 2. The van der Waals surface area contributed by atoms with Crippen molar-refractivity contribution in [2.24, 2.45) is 0 Å². The van der Waals surface area contributed by atoms with Crippen LogP contribution in [-0.4, -0.2) is 35.4 Å². The normalized spacial score (nSPS) is 11.7. The van der Waals surface area contributed by atoms with E-state index in [0.717, 1.165) is 17.5 Å². The van der Waals surface area contributed by atoms with Gasteiger partial charge in [-0.25, -0.2) is 0 Å². The lowest BCUT2D eigenvalue weighted by molar-refractivity contribution is -0.143. The van der Waals surface area contributed by atoms with E-state index in [1.54, 1.807) is 11.0 Å². The molecule has 3 aromatic rings. The number of benzene rings is 3. The van der Waals surface area contributed by atoms with Crippen LogP contribution < -0.4 is 10.1 Å². The van der Waals surface area contributed by atoms with Crippen LogP contribution in [0.25, 0.3) is 0 Å². The van der Waals surface area contributed by atoms with Gasteiger partial charge < -0.3 is 15.0 Å². The first-order chi connectivity index (χ1) is 16.9. The molecule has 0 saturated carbocycles. The number of nitrogens with zero attached hydrogens (tertiary/aromatic N) is 1. The summed E-state index contributed by atoms with van der Waals surface area (Å²) in [6.07, 6.45) is 1.30. The molecule has 6 heteroatoms. The summed E-state index contributed by atoms with van der Waals surface area (Å²) < 4.78 is 5.82. The number of aryl methyl sites for hydroxylation is 1. The lowest BCUT2D eigenvalue weighted by atomic mass is 10.0. The van der Waals surface area contributed by atoms with E-state index in [0.29, 0.717) is 17.2 Å². The molecule has 0 fully saturated rings. The average Bonchev–Trinajstić information content (AvgIpc) is 2.86. The highest BCUT2D eigenvalue weighted by Gasteiger charge is 2.31. The van der Waals surface area contributed by atoms with Crippen LogP contribution >= 0.6 is 11.6 Å². The van der Waals surface area contributed by atoms with Gasteiger partial charge in [0.1, 0.15) is 11.8 Å². The van der Waals surface area contributed by atoms with Crippen LogP contribution in [0.2, 0.25) is 5.02 Å². The maximum absolute atomic E-state index is 13.6. The van der Waals surface area contributed by atoms with Gasteiger partial charge in [0, 0.05) is 24.0 Å². The number of hydrogen-bond acceptors (Lipinski definition) is 3. The minimum atomic E-state index is -0.727. The van der Waals surface area contributed by atoms with Crippen molar-refractivity contribution >= 4 is 23.4 Å². The lowest BCUT2D eigenvalue weighted by Gasteiger charge is -2.32. The summed E-state index contributed by atoms with van der Waals surface area (Å²) in [5, 5.41) is 3.52. The molecule has 35 heavy (non-hydrogen) atoms. The van der Waals surface area contributed by atoms with Crippen molar-refractivity contribution in [3.8, 4) is 5.75 Å². The largest absolute Gasteiger partial charge is 0.484 e. The molecule has 0 heterocycles. The van der Waals surface area contributed by atoms with Gasteiger partial charge in [-0.2, -0.15) is 0 Å². The number of carbonyl (C=O) groups is 2. The molecule has 0 aliphatic heterocycles. The molecule has 2 amide bonds. The second-order valence-corrected chi connectivity index (χ2v) is 9.18. The molecular formula is C29H33ClN2O3. The summed E-state index contributed by atoms with van der Waals surface area (Å²) in [5.74, 6) is 0.111. The van der Waals surface area contributed by atoms with Gasteiger partial charge in [0.05, 0.1) is 0 Å². The molecule has 3 rings (SSSR count). The molecule has 0 aromatic heterocycles. The second kappa shape index (κ2) is 13.0. The molecule has 1 atom stereocenters. The molecular weight excluding hydrogens is 460 g/mol. The van der Waals surface area contributed by atoms with Crippen molar-refractivity contribution < 1.29 is 14.3 Å². The second-order valence-electron chi connectivity index (χ2n) is 8.77. The fraction of sp³-hybridized carbons (Fsp3) is 0.310. The first-order valence-electron chi connectivity index (χ1n) is 12.0. The van der Waals surface area contributed by atoms with Crippen LogP contribution in [0.3, 0.4) is 0 Å². The molecule has 1 N–H and O–H groups in total. The number of carbonyl (C=O) groups excluding carboxylic acids is 2. The van der Waals surface area contributed by atoms with Gasteiger partial charge in [-0.15, -0.1) is 0 Å². The molecule has 0 spiro atoms. The van der Waals surface area contributed by atoms with Crippen molar-refractivity contribution in [3.05, 3.63) is 101 Å². The van der Waals surface area contributed by atoms with Gasteiger partial charge >= 0.3 is 0 Å². The summed E-state index contributed by atoms with van der Waals surface area (Å²) in [4.78, 5) is 28.5. The Bertz CT molecular complexity index is 1100. The molecule has 3 aromatic carbocycles. The molecule has 0 saturated heterocycles. The van der Waals surface area contributed by atoms with E-state index >= 15 is 0 Å². The molecule has 0 unspecified atom stereocenters. The first kappa shape index (κ1) is 26.3. The smallest absolute Gasteiger partial charge is 0.261 e. The van der Waals surface area contributed by atoms with Gasteiger partial charge in [-0.05, 0) is 55.2 Å². The van der Waals surface area contributed by atoms with E-state index in [1.807, 2.05) is 86.6 Å². The van der Waals surface area contributed by atoms with Crippen LogP contribution in [0, 0.1) is 0 Å². The highest BCUT2D eigenvalue weighted by molar-refractivity contribution is 6.31. The Morgan fingerprint density at radius 2 is 1.57 bits per heavy atom. The van der Waals surface area contributed by atoms with Crippen LogP contribution in [0.4, 0.5) is 0 Å². The molecule has 0 radical (unpaired) electrons. The van der Waals surface area contributed by atoms with Crippen molar-refractivity contribution in [1.82, 2.24) is 10.2 Å². The zero-order valence-electron chi connectivity index (χ0n) is 20.5. The number of halogens is 1. The third-order valence-electron chi connectivity index (χ3n) is 5.69. The van der Waals surface area contributed by atoms with Gasteiger partial charge in [0.15, 0.2) is 6.61 Å². The number of ether oxygens (including phenoxy) is 1. The Hall–Kier alpha value is -3.31. The van der Waals surface area contributed by atoms with Crippen LogP contribution in [-0.2, 0) is 29.0 Å². The minimum Gasteiger partial charge on any atom is -0.484 e. The third-order valence-corrected chi connectivity index (χ3v) is 6.06. The highest BCUT2D eigenvalue weighted by Crippen LogP contribution is 2.21. The maximum atomic E-state index is 13.6. The SMILES string of the molecule is CCc1ccc(OCC(=O)N(Cc2ccccc2Cl)[C@@H](Cc2ccccc2)C(=O)NC(C)C)cc1. The Kier molecular flexibility index (Phi) is 9.74. The zero-order chi connectivity index (χ0) is 25.2. The van der Waals surface area contributed by atoms with Crippen LogP contribution in [0.15, 0.2) is 78.9 Å². The van der Waals surface area contributed by atoms with Gasteiger partial charge in [-0.3, -0.25) is 9.59 Å². The number of hydrogen-bond donors (Lipinski definition) is 1. The zero-order valence-corrected chi connectivity index (χ0v) is 21.3. The predicted molar refractivity (Wildman–Crippen MR) is 141 cm³/mol. The third kappa shape index (κ3) is 7.86. The van der Waals surface area contributed by atoms with Crippen molar-refractivity contribution in [3.63, 3.8) is 0 Å². The summed E-state index contributed by atoms with van der Waals surface area (Å²) in [6.45, 7) is 5.90. The summed E-state index contributed by atoms with van der Waals surface area (Å²) in [7, 11) is 0. The molecule has 0 aliphatic rings. The van der Waals surface area contributed by atoms with Crippen LogP contribution in [0.1, 0.15) is 37.5 Å². The van der Waals surface area contributed by atoms with Gasteiger partial charge in [0.25, 0.3) is 5.91 Å². The predicted octanol–water partition coefficient (Wildman–Crippen LogP) is 5.45. The quantitative estimate of drug-likeness (QED) is 0.387. The lowest BCUT2D eigenvalue weighted by Crippen LogP contribution is -2.52. The Labute approximate surface area is 213 Å². The Morgan fingerprint density at radius 1 is 0.914 bits per heavy atom. The molecule has 0 bridgehead atoms. The topological polar surface area (TPSA) is 58.6 Å². The number of nitrogens with one attached hydrogen (secondary N) is 1. The van der Waals surface area contributed by atoms with Gasteiger partial charge in [0.2, 0.25) is 5.91 Å². The van der Waals surface area contributed by atoms with E-state index in [2.05, 4.69) is 12.2 Å². The summed E-state index contributed by atoms with van der Waals surface area (Å²) in [5.41, 5.74) is 2.92. The monoisotopic (exact) mass is 492 g/mol. The molecule has 0 aliphatic carbocycles. The fourth-order valence-electron chi connectivity index (χ4n) is 3.79. The van der Waals surface area contributed by atoms with E-state index in [1.165, 1.54) is 5.56 Å². The fourth-order valence-corrected chi connectivity index (χ4v) is 3.99. The standard InChI is InChI=1S/C29H33ClN2O3/c1-4-22-14-16-25(17-15-22)35-20-28(33)32(19-24-12-8-9-13-26(24)30)27(29(34)31-21(2)3)18-23-10-6-5-7-11-23/h5-17,21,27H,4,18-20H2,1-3H3,(H,31,34)/t27-/m0/s1. The molecule has 184 valence electrons. The minimum absolute atomic E-state index is 0.0635. The van der Waals surface area contributed by atoms with E-state index in [4.69, 9.17) is 16.3 Å². The highest BCUT2D eigenvalue weighted by atomic mass is 35.5. The molecule has 5 nitrogen and oxygen atoms in total. The maximum Gasteiger partial charge on any atom is 0.261 e. The Morgan fingerprint density at radius 3 is 2.20 bits per heavy atom. The first-order valence-corrected chi connectivity index (χ1v) is 12.3. The van der Waals surface area contributed by atoms with Crippen molar-refractivity contribution in [2.45, 2.75) is 52.2 Å². The van der Waals surface area contributed by atoms with Crippen LogP contribution in [0.5, 0.6) is 5.75 Å².